The third-order valence-corrected chi connectivity index (χ3v) is 5.18. The summed E-state index contributed by atoms with van der Waals surface area (Å²) in [6.07, 6.45) is 0.669. The topological polar surface area (TPSA) is 94.2 Å². The largest absolute Gasteiger partial charge is 0.490 e. The molecule has 0 spiro atoms. The summed E-state index contributed by atoms with van der Waals surface area (Å²) >= 11 is 2.05. The van der Waals surface area contributed by atoms with E-state index in [1.54, 1.807) is 43.3 Å². The van der Waals surface area contributed by atoms with Crippen LogP contribution in [0.4, 0.5) is 5.69 Å². The van der Waals surface area contributed by atoms with Gasteiger partial charge in [-0.05, 0) is 72.3 Å². The third-order valence-electron chi connectivity index (χ3n) is 4.38. The highest BCUT2D eigenvalue weighted by molar-refractivity contribution is 14.1. The lowest BCUT2D eigenvalue weighted by atomic mass is 10.1. The summed E-state index contributed by atoms with van der Waals surface area (Å²) < 4.78 is 16.8. The van der Waals surface area contributed by atoms with E-state index in [0.717, 1.165) is 0 Å². The van der Waals surface area contributed by atoms with Crippen molar-refractivity contribution in [1.82, 2.24) is 5.43 Å². The number of hydrogen-bond acceptors (Lipinski definition) is 6. The number of hydrogen-bond donors (Lipinski definition) is 1. The molecule has 2 amide bonds. The Bertz CT molecular complexity index is 1040. The predicted molar refractivity (Wildman–Crippen MR) is 122 cm³/mol. The number of anilines is 1. The maximum absolute atomic E-state index is 12.8. The number of ether oxygens (including phenoxy) is 3. The molecule has 0 radical (unpaired) electrons. The van der Waals surface area contributed by atoms with Crippen molar-refractivity contribution in [3.05, 3.63) is 57.2 Å². The van der Waals surface area contributed by atoms with Gasteiger partial charge in [0.25, 0.3) is 11.8 Å². The van der Waals surface area contributed by atoms with Gasteiger partial charge in [-0.2, -0.15) is 0 Å². The van der Waals surface area contributed by atoms with E-state index in [1.165, 1.54) is 18.2 Å². The second-order valence-corrected chi connectivity index (χ2v) is 7.68. The predicted octanol–water partition coefficient (Wildman–Crippen LogP) is 3.09. The molecule has 0 bridgehead atoms. The Morgan fingerprint density at radius 1 is 1.23 bits per heavy atom. The van der Waals surface area contributed by atoms with Crippen molar-refractivity contribution in [2.75, 3.05) is 18.7 Å². The van der Waals surface area contributed by atoms with Gasteiger partial charge < -0.3 is 14.2 Å². The third kappa shape index (κ3) is 4.98. The van der Waals surface area contributed by atoms with Gasteiger partial charge in [0, 0.05) is 0 Å². The Labute approximate surface area is 193 Å². The monoisotopic (exact) mass is 536 g/mol. The first-order valence-corrected chi connectivity index (χ1v) is 10.6. The minimum Gasteiger partial charge on any atom is -0.490 e. The van der Waals surface area contributed by atoms with Crippen molar-refractivity contribution in [3.8, 4) is 11.5 Å². The van der Waals surface area contributed by atoms with Crippen LogP contribution in [-0.2, 0) is 19.1 Å². The molecule has 0 aromatic heterocycles. The Balaban J connectivity index is 1.94. The smallest absolute Gasteiger partial charge is 0.346 e. The summed E-state index contributed by atoms with van der Waals surface area (Å²) in [7, 11) is 1.29. The molecular weight excluding hydrogens is 515 g/mol. The van der Waals surface area contributed by atoms with Gasteiger partial charge in [0.1, 0.15) is 5.57 Å². The van der Waals surface area contributed by atoms with Gasteiger partial charge >= 0.3 is 5.97 Å². The second-order valence-electron chi connectivity index (χ2n) is 6.52. The number of rotatable bonds is 7. The van der Waals surface area contributed by atoms with E-state index in [0.29, 0.717) is 32.9 Å². The fourth-order valence-corrected chi connectivity index (χ4v) is 3.67. The van der Waals surface area contributed by atoms with Gasteiger partial charge in [0.05, 0.1) is 23.0 Å². The van der Waals surface area contributed by atoms with Crippen LogP contribution in [0.15, 0.2) is 48.0 Å². The highest BCUT2D eigenvalue weighted by atomic mass is 127. The molecule has 3 rings (SSSR count). The van der Waals surface area contributed by atoms with Crippen molar-refractivity contribution in [3.63, 3.8) is 0 Å². The molecule has 0 aliphatic carbocycles. The molecule has 0 saturated carbocycles. The average molecular weight is 536 g/mol. The standard InChI is InChI=1S/C22H21IN2O6/c1-4-30-18-12-14(11-17(23)19(18)31-13(2)22(28)29-3)10-16-20(26)24-25(21(16)27)15-8-6-5-7-9-15/h5-13H,4H2,1-3H3,(H,24,26)/b16-10-/t13-/m0/s1. The summed E-state index contributed by atoms with van der Waals surface area (Å²) in [5.74, 6) is -0.692. The summed E-state index contributed by atoms with van der Waals surface area (Å²) in [5.41, 5.74) is 3.71. The van der Waals surface area contributed by atoms with E-state index >= 15 is 0 Å². The molecule has 0 unspecified atom stereocenters. The molecule has 1 N–H and O–H groups in total. The molecule has 1 fully saturated rings. The Morgan fingerprint density at radius 2 is 1.94 bits per heavy atom. The second kappa shape index (κ2) is 9.82. The van der Waals surface area contributed by atoms with E-state index in [2.05, 4.69) is 5.43 Å². The summed E-state index contributed by atoms with van der Waals surface area (Å²) in [5, 5.41) is 1.21. The number of hydrazine groups is 1. The maximum Gasteiger partial charge on any atom is 0.346 e. The van der Waals surface area contributed by atoms with Gasteiger partial charge in [0.15, 0.2) is 17.6 Å². The first-order valence-electron chi connectivity index (χ1n) is 9.48. The van der Waals surface area contributed by atoms with E-state index in [4.69, 9.17) is 14.2 Å². The quantitative estimate of drug-likeness (QED) is 0.253. The summed E-state index contributed by atoms with van der Waals surface area (Å²) in [6, 6.07) is 12.2. The summed E-state index contributed by atoms with van der Waals surface area (Å²) in [6.45, 7) is 3.75. The summed E-state index contributed by atoms with van der Waals surface area (Å²) in [4.78, 5) is 37.0. The molecule has 8 nitrogen and oxygen atoms in total. The van der Waals surface area contributed by atoms with Crippen molar-refractivity contribution in [1.29, 1.82) is 0 Å². The van der Waals surface area contributed by atoms with E-state index in [-0.39, 0.29) is 5.57 Å². The van der Waals surface area contributed by atoms with Crippen LogP contribution in [-0.4, -0.2) is 37.6 Å². The van der Waals surface area contributed by atoms with Crippen LogP contribution in [0.1, 0.15) is 19.4 Å². The van der Waals surface area contributed by atoms with Crippen molar-refractivity contribution in [2.24, 2.45) is 0 Å². The number of halogens is 1. The molecule has 1 saturated heterocycles. The zero-order valence-corrected chi connectivity index (χ0v) is 19.3. The fraction of sp³-hybridized carbons (Fsp3) is 0.227. The number of nitrogens with one attached hydrogen (secondary N) is 1. The Hall–Kier alpha value is -3.08. The van der Waals surface area contributed by atoms with Crippen LogP contribution in [0.2, 0.25) is 0 Å². The molecule has 162 valence electrons. The highest BCUT2D eigenvalue weighted by Crippen LogP contribution is 2.36. The van der Waals surface area contributed by atoms with Crippen LogP contribution in [0.3, 0.4) is 0 Å². The minimum absolute atomic E-state index is 0.00120. The van der Waals surface area contributed by atoms with Gasteiger partial charge in [-0.1, -0.05) is 18.2 Å². The van der Waals surface area contributed by atoms with Gasteiger partial charge in [-0.3, -0.25) is 15.0 Å². The van der Waals surface area contributed by atoms with Crippen LogP contribution >= 0.6 is 22.6 Å². The molecular formula is C22H21IN2O6. The molecule has 2 aromatic carbocycles. The number of amides is 2. The number of methoxy groups -OCH3 is 1. The first kappa shape index (κ1) is 22.6. The first-order chi connectivity index (χ1) is 14.8. The van der Waals surface area contributed by atoms with Crippen molar-refractivity contribution < 1.29 is 28.6 Å². The zero-order chi connectivity index (χ0) is 22.5. The lowest BCUT2D eigenvalue weighted by molar-refractivity contribution is -0.148. The number of benzene rings is 2. The van der Waals surface area contributed by atoms with Crippen LogP contribution in [0.5, 0.6) is 11.5 Å². The molecule has 9 heteroatoms. The molecule has 1 aliphatic heterocycles. The number of carbonyl (C=O) groups is 3. The molecule has 2 aromatic rings. The average Bonchev–Trinajstić information content (AvgIpc) is 3.04. The molecule has 31 heavy (non-hydrogen) atoms. The molecule has 1 atom stereocenters. The van der Waals surface area contributed by atoms with Crippen LogP contribution < -0.4 is 19.9 Å². The van der Waals surface area contributed by atoms with Crippen molar-refractivity contribution >= 4 is 52.1 Å². The zero-order valence-electron chi connectivity index (χ0n) is 17.2. The minimum atomic E-state index is -0.830. The van der Waals surface area contributed by atoms with E-state index in [1.807, 2.05) is 35.6 Å². The Kier molecular flexibility index (Phi) is 7.16. The highest BCUT2D eigenvalue weighted by Gasteiger charge is 2.34. The van der Waals surface area contributed by atoms with E-state index in [9.17, 15) is 14.4 Å². The van der Waals surface area contributed by atoms with E-state index < -0.39 is 23.9 Å². The van der Waals surface area contributed by atoms with Gasteiger partial charge in [-0.15, -0.1) is 0 Å². The maximum atomic E-state index is 12.8. The molecule has 1 heterocycles. The van der Waals surface area contributed by atoms with Gasteiger partial charge in [-0.25, -0.2) is 9.80 Å². The number of para-hydroxylation sites is 1. The number of esters is 1. The lowest BCUT2D eigenvalue weighted by Gasteiger charge is -2.18. The molecule has 1 aliphatic rings. The Morgan fingerprint density at radius 3 is 2.58 bits per heavy atom. The van der Waals surface area contributed by atoms with Gasteiger partial charge in [0.2, 0.25) is 0 Å². The number of nitrogens with zero attached hydrogens (tertiary/aromatic N) is 1. The lowest BCUT2D eigenvalue weighted by Crippen LogP contribution is -2.35. The SMILES string of the molecule is CCOc1cc(/C=C2/C(=O)NN(c3ccccc3)C2=O)cc(I)c1O[C@@H](C)C(=O)OC. The fourth-order valence-electron chi connectivity index (χ4n) is 2.92. The van der Waals surface area contributed by atoms with Crippen LogP contribution in [0.25, 0.3) is 6.08 Å². The number of carbonyl (C=O) groups excluding carboxylic acids is 3. The van der Waals surface area contributed by atoms with Crippen LogP contribution in [0, 0.1) is 3.57 Å². The van der Waals surface area contributed by atoms with Crippen molar-refractivity contribution in [2.45, 2.75) is 20.0 Å². The normalized spacial score (nSPS) is 15.6.